The van der Waals surface area contributed by atoms with Crippen molar-refractivity contribution in [3.63, 3.8) is 0 Å². The Kier molecular flexibility index (Phi) is 3.20. The van der Waals surface area contributed by atoms with Gasteiger partial charge in [0.25, 0.3) is 0 Å². The van der Waals surface area contributed by atoms with Gasteiger partial charge in [0, 0.05) is 11.9 Å². The van der Waals surface area contributed by atoms with Crippen molar-refractivity contribution in [3.05, 3.63) is 59.9 Å². The molecule has 1 unspecified atom stereocenters. The van der Waals surface area contributed by atoms with Gasteiger partial charge in [-0.15, -0.1) is 0 Å². The summed E-state index contributed by atoms with van der Waals surface area (Å²) in [6.07, 6.45) is 1.82. The first kappa shape index (κ1) is 10.7. The van der Waals surface area contributed by atoms with Crippen molar-refractivity contribution in [2.45, 2.75) is 19.9 Å². The van der Waals surface area contributed by atoms with Crippen LogP contribution in [-0.2, 0) is 0 Å². The molecule has 2 rings (SSSR count). The van der Waals surface area contributed by atoms with Crippen molar-refractivity contribution >= 4 is 5.69 Å². The predicted molar refractivity (Wildman–Crippen MR) is 67.5 cm³/mol. The molecule has 1 N–H and O–H groups in total. The summed E-state index contributed by atoms with van der Waals surface area (Å²) in [5.41, 5.74) is 3.46. The van der Waals surface area contributed by atoms with Crippen LogP contribution >= 0.6 is 0 Å². The quantitative estimate of drug-likeness (QED) is 0.841. The van der Waals surface area contributed by atoms with E-state index in [1.165, 1.54) is 5.56 Å². The van der Waals surface area contributed by atoms with Crippen molar-refractivity contribution in [2.75, 3.05) is 5.32 Å². The van der Waals surface area contributed by atoms with Gasteiger partial charge in [-0.25, -0.2) is 0 Å². The van der Waals surface area contributed by atoms with Crippen LogP contribution in [0.2, 0.25) is 0 Å². The number of nitrogens with one attached hydrogen (secondary N) is 1. The van der Waals surface area contributed by atoms with E-state index in [2.05, 4.69) is 48.4 Å². The largest absolute Gasteiger partial charge is 0.377 e. The summed E-state index contributed by atoms with van der Waals surface area (Å²) in [6, 6.07) is 14.6. The van der Waals surface area contributed by atoms with Gasteiger partial charge in [-0.05, 0) is 43.7 Å². The monoisotopic (exact) mass is 212 g/mol. The first-order valence-corrected chi connectivity index (χ1v) is 5.50. The standard InChI is InChI=1S/C14H16N2/c1-11-6-5-7-13(10-11)16-12(2)14-8-3-4-9-15-14/h3-10,12,16H,1-2H3. The van der Waals surface area contributed by atoms with Crippen LogP contribution in [0.25, 0.3) is 0 Å². The Morgan fingerprint density at radius 2 is 2.00 bits per heavy atom. The molecule has 0 aliphatic rings. The number of aromatic nitrogens is 1. The third-order valence-electron chi connectivity index (χ3n) is 2.53. The van der Waals surface area contributed by atoms with Crippen LogP contribution in [0.4, 0.5) is 5.69 Å². The van der Waals surface area contributed by atoms with Crippen molar-refractivity contribution in [1.82, 2.24) is 4.98 Å². The van der Waals surface area contributed by atoms with E-state index < -0.39 is 0 Å². The third kappa shape index (κ3) is 2.60. The molecule has 0 aliphatic heterocycles. The van der Waals surface area contributed by atoms with E-state index in [4.69, 9.17) is 0 Å². The fraction of sp³-hybridized carbons (Fsp3) is 0.214. The molecule has 1 aromatic heterocycles. The fourth-order valence-corrected chi connectivity index (χ4v) is 1.69. The van der Waals surface area contributed by atoms with Crippen molar-refractivity contribution in [2.24, 2.45) is 0 Å². The molecule has 0 fully saturated rings. The summed E-state index contributed by atoms with van der Waals surface area (Å²) in [4.78, 5) is 4.33. The van der Waals surface area contributed by atoms with Gasteiger partial charge in [-0.3, -0.25) is 4.98 Å². The molecule has 2 aromatic rings. The van der Waals surface area contributed by atoms with Crippen molar-refractivity contribution in [3.8, 4) is 0 Å². The Morgan fingerprint density at radius 1 is 1.12 bits per heavy atom. The topological polar surface area (TPSA) is 24.9 Å². The second kappa shape index (κ2) is 4.79. The zero-order valence-corrected chi connectivity index (χ0v) is 9.64. The zero-order valence-electron chi connectivity index (χ0n) is 9.64. The summed E-state index contributed by atoms with van der Waals surface area (Å²) >= 11 is 0. The molecule has 0 saturated carbocycles. The maximum absolute atomic E-state index is 4.33. The minimum atomic E-state index is 0.225. The van der Waals surface area contributed by atoms with Gasteiger partial charge in [-0.2, -0.15) is 0 Å². The van der Waals surface area contributed by atoms with E-state index in [0.29, 0.717) is 0 Å². The van der Waals surface area contributed by atoms with Crippen molar-refractivity contribution < 1.29 is 0 Å². The number of benzene rings is 1. The Labute approximate surface area is 96.4 Å². The molecule has 0 bridgehead atoms. The van der Waals surface area contributed by atoms with Gasteiger partial charge in [0.05, 0.1) is 11.7 Å². The van der Waals surface area contributed by atoms with E-state index in [0.717, 1.165) is 11.4 Å². The Morgan fingerprint density at radius 3 is 2.69 bits per heavy atom. The van der Waals surface area contributed by atoms with E-state index in [9.17, 15) is 0 Å². The lowest BCUT2D eigenvalue weighted by atomic mass is 10.1. The summed E-state index contributed by atoms with van der Waals surface area (Å²) in [5.74, 6) is 0. The summed E-state index contributed by atoms with van der Waals surface area (Å²) < 4.78 is 0. The number of pyridine rings is 1. The number of hydrogen-bond donors (Lipinski definition) is 1. The van der Waals surface area contributed by atoms with Crippen LogP contribution in [0.5, 0.6) is 0 Å². The SMILES string of the molecule is Cc1cccc(NC(C)c2ccccn2)c1. The van der Waals surface area contributed by atoms with Gasteiger partial charge >= 0.3 is 0 Å². The molecule has 0 saturated heterocycles. The molecule has 1 atom stereocenters. The number of hydrogen-bond acceptors (Lipinski definition) is 2. The van der Waals surface area contributed by atoms with Gasteiger partial charge in [0.1, 0.15) is 0 Å². The van der Waals surface area contributed by atoms with Gasteiger partial charge < -0.3 is 5.32 Å². The highest BCUT2D eigenvalue weighted by Gasteiger charge is 2.05. The smallest absolute Gasteiger partial charge is 0.0657 e. The van der Waals surface area contributed by atoms with Crippen LogP contribution in [0.3, 0.4) is 0 Å². The van der Waals surface area contributed by atoms with Gasteiger partial charge in [0.2, 0.25) is 0 Å². The molecule has 0 aliphatic carbocycles. The Balaban J connectivity index is 2.11. The second-order valence-corrected chi connectivity index (χ2v) is 3.99. The number of rotatable bonds is 3. The molecule has 16 heavy (non-hydrogen) atoms. The van der Waals surface area contributed by atoms with Crippen LogP contribution in [0.15, 0.2) is 48.7 Å². The minimum absolute atomic E-state index is 0.225. The maximum atomic E-state index is 4.33. The lowest BCUT2D eigenvalue weighted by Crippen LogP contribution is -2.08. The van der Waals surface area contributed by atoms with Crippen LogP contribution in [-0.4, -0.2) is 4.98 Å². The molecule has 82 valence electrons. The maximum Gasteiger partial charge on any atom is 0.0657 e. The number of aryl methyl sites for hydroxylation is 1. The van der Waals surface area contributed by atoms with Gasteiger partial charge in [-0.1, -0.05) is 18.2 Å². The second-order valence-electron chi connectivity index (χ2n) is 3.99. The molecule has 1 aromatic carbocycles. The highest BCUT2D eigenvalue weighted by molar-refractivity contribution is 5.46. The highest BCUT2D eigenvalue weighted by atomic mass is 14.9. The Hall–Kier alpha value is -1.83. The average molecular weight is 212 g/mol. The molecular weight excluding hydrogens is 196 g/mol. The fourth-order valence-electron chi connectivity index (χ4n) is 1.69. The summed E-state index contributed by atoms with van der Waals surface area (Å²) in [6.45, 7) is 4.21. The molecule has 0 radical (unpaired) electrons. The number of nitrogens with zero attached hydrogens (tertiary/aromatic N) is 1. The summed E-state index contributed by atoms with van der Waals surface area (Å²) in [5, 5.41) is 3.44. The lowest BCUT2D eigenvalue weighted by molar-refractivity contribution is 0.839. The van der Waals surface area contributed by atoms with E-state index in [-0.39, 0.29) is 6.04 Å². The predicted octanol–water partition coefficient (Wildman–Crippen LogP) is 3.56. The number of anilines is 1. The third-order valence-corrected chi connectivity index (χ3v) is 2.53. The zero-order chi connectivity index (χ0) is 11.4. The van der Waals surface area contributed by atoms with Crippen LogP contribution < -0.4 is 5.32 Å². The summed E-state index contributed by atoms with van der Waals surface area (Å²) in [7, 11) is 0. The molecule has 2 heteroatoms. The molecule has 1 heterocycles. The first-order valence-electron chi connectivity index (χ1n) is 5.50. The van der Waals surface area contributed by atoms with Crippen molar-refractivity contribution in [1.29, 1.82) is 0 Å². The molecule has 2 nitrogen and oxygen atoms in total. The molecule has 0 spiro atoms. The van der Waals surface area contributed by atoms with Crippen LogP contribution in [0.1, 0.15) is 24.2 Å². The van der Waals surface area contributed by atoms with Crippen LogP contribution in [0, 0.1) is 6.92 Å². The molecule has 0 amide bonds. The lowest BCUT2D eigenvalue weighted by Gasteiger charge is -2.14. The average Bonchev–Trinajstić information content (AvgIpc) is 2.30. The van der Waals surface area contributed by atoms with E-state index in [1.807, 2.05) is 24.4 Å². The molecular formula is C14H16N2. The first-order chi connectivity index (χ1) is 7.75. The van der Waals surface area contributed by atoms with E-state index >= 15 is 0 Å². The highest BCUT2D eigenvalue weighted by Crippen LogP contribution is 2.17. The minimum Gasteiger partial charge on any atom is -0.377 e. The Bertz CT molecular complexity index is 451. The van der Waals surface area contributed by atoms with E-state index in [1.54, 1.807) is 0 Å². The normalized spacial score (nSPS) is 12.1. The van der Waals surface area contributed by atoms with Gasteiger partial charge in [0.15, 0.2) is 0 Å².